The number of nitrogens with zero attached hydrogens (tertiary/aromatic N) is 2. The van der Waals surface area contributed by atoms with Gasteiger partial charge in [-0.05, 0) is 52.9 Å². The number of cyclic esters (lactones) is 1. The molecule has 7 unspecified atom stereocenters. The quantitative estimate of drug-likeness (QED) is 0.108. The number of anilines is 1. The lowest BCUT2D eigenvalue weighted by Crippen LogP contribution is -2.54. The Balaban J connectivity index is 1.39. The number of para-hydroxylation sites is 1. The van der Waals surface area contributed by atoms with Gasteiger partial charge in [0.05, 0.1) is 30.4 Å². The predicted octanol–water partition coefficient (Wildman–Crippen LogP) is 6.92. The first-order valence-electron chi connectivity index (χ1n) is 19.3. The summed E-state index contributed by atoms with van der Waals surface area (Å²) >= 11 is 0. The Morgan fingerprint density at radius 2 is 1.45 bits per heavy atom. The molecule has 3 amide bonds. The zero-order valence-electron chi connectivity index (χ0n) is 31.8. The Morgan fingerprint density at radius 3 is 2.10 bits per heavy atom. The Kier molecular flexibility index (Phi) is 10.7. The summed E-state index contributed by atoms with van der Waals surface area (Å²) < 4.78 is 18.0. The standard InChI is InChI=1S/C47H43N3O8/c1-3-28-57-43(52)38-40-44(53)58-41(33-19-11-6-12-20-33)39(32-17-9-5-10-18-32)50(40)42(34-23-25-35(26-24-34)56-29-27-51)47(38)36-21-13-14-22-37(36)49(45(47)54)46(55)48-30(2)31-15-7-4-8-16-31/h3-26,30,38-42,51H,1,27-29H2,2H3,(H,48,55). The van der Waals surface area contributed by atoms with Crippen LogP contribution in [-0.4, -0.2) is 59.7 Å². The highest BCUT2D eigenvalue weighted by Gasteiger charge is 2.76. The van der Waals surface area contributed by atoms with E-state index in [1.807, 2.05) is 103 Å². The van der Waals surface area contributed by atoms with Crippen LogP contribution in [0, 0.1) is 5.92 Å². The van der Waals surface area contributed by atoms with Crippen molar-refractivity contribution >= 4 is 29.6 Å². The summed E-state index contributed by atoms with van der Waals surface area (Å²) in [6.07, 6.45) is 0.562. The zero-order valence-corrected chi connectivity index (χ0v) is 31.8. The van der Waals surface area contributed by atoms with Gasteiger partial charge in [0.2, 0.25) is 5.91 Å². The number of carbonyl (C=O) groups excluding carboxylic acids is 4. The van der Waals surface area contributed by atoms with Gasteiger partial charge in [0.1, 0.15) is 42.4 Å². The maximum atomic E-state index is 16.0. The Morgan fingerprint density at radius 1 is 0.828 bits per heavy atom. The van der Waals surface area contributed by atoms with Crippen LogP contribution in [0.4, 0.5) is 10.5 Å². The number of urea groups is 1. The smallest absolute Gasteiger partial charge is 0.329 e. The van der Waals surface area contributed by atoms with Crippen LogP contribution >= 0.6 is 0 Å². The molecule has 1 spiro atoms. The SMILES string of the molecule is C=CCOC(=O)C1C2C(=O)OC(c3ccccc3)C(c3ccccc3)N2C(c2ccc(OCCO)cc2)C12C(=O)N(C(=O)NC(C)c1ccccc1)c1ccccc12. The van der Waals surface area contributed by atoms with Gasteiger partial charge in [-0.15, -0.1) is 0 Å². The van der Waals surface area contributed by atoms with Gasteiger partial charge in [0.25, 0.3) is 0 Å². The number of aliphatic hydroxyl groups excluding tert-OH is 1. The van der Waals surface area contributed by atoms with Crippen LogP contribution in [0.15, 0.2) is 152 Å². The third-order valence-electron chi connectivity index (χ3n) is 11.4. The van der Waals surface area contributed by atoms with E-state index in [4.69, 9.17) is 14.2 Å². The normalized spacial score (nSPS) is 24.0. The van der Waals surface area contributed by atoms with Crippen molar-refractivity contribution < 1.29 is 38.5 Å². The maximum absolute atomic E-state index is 16.0. The van der Waals surface area contributed by atoms with Crippen molar-refractivity contribution in [2.24, 2.45) is 5.92 Å². The Bertz CT molecular complexity index is 2310. The predicted molar refractivity (Wildman–Crippen MR) is 215 cm³/mol. The van der Waals surface area contributed by atoms with Gasteiger partial charge < -0.3 is 24.6 Å². The largest absolute Gasteiger partial charge is 0.491 e. The molecule has 7 atom stereocenters. The number of ether oxygens (including phenoxy) is 3. The van der Waals surface area contributed by atoms with E-state index in [2.05, 4.69) is 11.9 Å². The molecule has 3 aliphatic rings. The van der Waals surface area contributed by atoms with E-state index in [9.17, 15) is 19.5 Å². The lowest BCUT2D eigenvalue weighted by atomic mass is 9.65. The number of carbonyl (C=O) groups is 4. The van der Waals surface area contributed by atoms with E-state index < -0.39 is 65.5 Å². The fraction of sp³-hybridized carbons (Fsp3) is 0.234. The Labute approximate surface area is 336 Å². The number of benzene rings is 5. The summed E-state index contributed by atoms with van der Waals surface area (Å²) in [6.45, 7) is 5.26. The van der Waals surface area contributed by atoms with E-state index in [0.29, 0.717) is 16.9 Å². The van der Waals surface area contributed by atoms with Gasteiger partial charge in [-0.3, -0.25) is 19.3 Å². The zero-order chi connectivity index (χ0) is 40.4. The van der Waals surface area contributed by atoms with Crippen molar-refractivity contribution in [2.75, 3.05) is 24.7 Å². The third kappa shape index (κ3) is 6.42. The number of esters is 2. The lowest BCUT2D eigenvalue weighted by molar-refractivity contribution is -0.180. The van der Waals surface area contributed by atoms with Crippen LogP contribution in [0.3, 0.4) is 0 Å². The number of rotatable bonds is 11. The summed E-state index contributed by atoms with van der Waals surface area (Å²) in [4.78, 5) is 63.4. The second-order valence-corrected chi connectivity index (χ2v) is 14.6. The molecule has 3 aliphatic heterocycles. The average Bonchev–Trinajstić information content (AvgIpc) is 3.72. The number of fused-ring (bicyclic) bond motifs is 3. The van der Waals surface area contributed by atoms with E-state index in [1.54, 1.807) is 48.5 Å². The number of amides is 3. The first-order valence-corrected chi connectivity index (χ1v) is 19.3. The second kappa shape index (κ2) is 16.1. The molecule has 8 rings (SSSR count). The fourth-order valence-corrected chi connectivity index (χ4v) is 9.04. The monoisotopic (exact) mass is 777 g/mol. The molecule has 2 N–H and O–H groups in total. The highest BCUT2D eigenvalue weighted by Crippen LogP contribution is 2.66. The van der Waals surface area contributed by atoms with Gasteiger partial charge in [-0.2, -0.15) is 0 Å². The first-order chi connectivity index (χ1) is 28.3. The van der Waals surface area contributed by atoms with Gasteiger partial charge in [-0.25, -0.2) is 9.69 Å². The molecule has 0 aromatic heterocycles. The molecule has 5 aromatic rings. The highest BCUT2D eigenvalue weighted by molar-refractivity contribution is 6.24. The fourth-order valence-electron chi connectivity index (χ4n) is 9.04. The molecule has 3 heterocycles. The van der Waals surface area contributed by atoms with Crippen LogP contribution in [0.5, 0.6) is 5.75 Å². The molecule has 294 valence electrons. The van der Waals surface area contributed by atoms with Gasteiger partial charge in [-0.1, -0.05) is 134 Å². The molecule has 0 radical (unpaired) electrons. The number of imide groups is 1. The second-order valence-electron chi connectivity index (χ2n) is 14.6. The summed E-state index contributed by atoms with van der Waals surface area (Å²) in [5.41, 5.74) is 1.67. The molecule has 5 aromatic carbocycles. The topological polar surface area (TPSA) is 135 Å². The summed E-state index contributed by atoms with van der Waals surface area (Å²) in [5, 5.41) is 12.5. The van der Waals surface area contributed by atoms with Crippen molar-refractivity contribution in [1.29, 1.82) is 0 Å². The third-order valence-corrected chi connectivity index (χ3v) is 11.4. The van der Waals surface area contributed by atoms with Crippen LogP contribution < -0.4 is 15.0 Å². The minimum atomic E-state index is -1.90. The first kappa shape index (κ1) is 38.3. The molecule has 2 saturated heterocycles. The van der Waals surface area contributed by atoms with Gasteiger partial charge in [0, 0.05) is 0 Å². The average molecular weight is 778 g/mol. The minimum absolute atomic E-state index is 0.0656. The summed E-state index contributed by atoms with van der Waals surface area (Å²) in [5.74, 6) is -3.24. The molecule has 0 aliphatic carbocycles. The van der Waals surface area contributed by atoms with E-state index in [1.165, 1.54) is 6.08 Å². The van der Waals surface area contributed by atoms with Crippen LogP contribution in [0.1, 0.15) is 59.0 Å². The lowest BCUT2D eigenvalue weighted by Gasteiger charge is -2.46. The number of hydrogen-bond donors (Lipinski definition) is 2. The van der Waals surface area contributed by atoms with Crippen LogP contribution in [0.2, 0.25) is 0 Å². The van der Waals surface area contributed by atoms with Gasteiger partial charge in [0.15, 0.2) is 0 Å². The van der Waals surface area contributed by atoms with Crippen molar-refractivity contribution in [3.63, 3.8) is 0 Å². The van der Waals surface area contributed by atoms with Gasteiger partial charge >= 0.3 is 18.0 Å². The Hall–Kier alpha value is -6.56. The molecule has 11 nitrogen and oxygen atoms in total. The van der Waals surface area contributed by atoms with Crippen molar-refractivity contribution in [3.8, 4) is 5.75 Å². The van der Waals surface area contributed by atoms with Crippen molar-refractivity contribution in [1.82, 2.24) is 10.2 Å². The number of hydrogen-bond acceptors (Lipinski definition) is 9. The molecule has 11 heteroatoms. The summed E-state index contributed by atoms with van der Waals surface area (Å²) in [7, 11) is 0. The van der Waals surface area contributed by atoms with Crippen molar-refractivity contribution in [3.05, 3.63) is 180 Å². The molecule has 0 bridgehead atoms. The maximum Gasteiger partial charge on any atom is 0.329 e. The number of nitrogens with one attached hydrogen (secondary N) is 1. The van der Waals surface area contributed by atoms with Crippen LogP contribution in [0.25, 0.3) is 0 Å². The molecule has 2 fully saturated rings. The number of aliphatic hydroxyl groups is 1. The van der Waals surface area contributed by atoms with E-state index in [0.717, 1.165) is 21.6 Å². The highest BCUT2D eigenvalue weighted by atomic mass is 16.6. The summed E-state index contributed by atoms with van der Waals surface area (Å²) in [6, 6.07) is 38.0. The van der Waals surface area contributed by atoms with E-state index in [-0.39, 0.29) is 25.5 Å². The van der Waals surface area contributed by atoms with Crippen molar-refractivity contribution in [2.45, 2.75) is 42.6 Å². The minimum Gasteiger partial charge on any atom is -0.491 e. The molecular weight excluding hydrogens is 735 g/mol. The van der Waals surface area contributed by atoms with E-state index >= 15 is 4.79 Å². The molecule has 58 heavy (non-hydrogen) atoms. The molecule has 0 saturated carbocycles. The molecular formula is C47H43N3O8. The van der Waals surface area contributed by atoms with Crippen LogP contribution in [-0.2, 0) is 29.3 Å². The number of morpholine rings is 1.